The fourth-order valence-electron chi connectivity index (χ4n) is 15.4. The van der Waals surface area contributed by atoms with E-state index in [9.17, 15) is 61.0 Å². The summed E-state index contributed by atoms with van der Waals surface area (Å²) < 4.78 is 41.1. The van der Waals surface area contributed by atoms with E-state index in [4.69, 9.17) is 33.2 Å². The fourth-order valence-corrected chi connectivity index (χ4v) is 15.4. The molecule has 71 heavy (non-hydrogen) atoms. The van der Waals surface area contributed by atoms with Crippen LogP contribution in [0, 0.1) is 50.2 Å². The van der Waals surface area contributed by atoms with Gasteiger partial charge in [-0.2, -0.15) is 0 Å². The Balaban J connectivity index is 0.956. The van der Waals surface area contributed by atoms with Crippen molar-refractivity contribution >= 4 is 5.97 Å². The van der Waals surface area contributed by atoms with Crippen LogP contribution in [0.4, 0.5) is 0 Å². The zero-order valence-corrected chi connectivity index (χ0v) is 42.9. The van der Waals surface area contributed by atoms with Gasteiger partial charge in [-0.25, -0.2) is 4.79 Å². The maximum Gasteiger partial charge on any atom is 0.333 e. The zero-order chi connectivity index (χ0) is 52.1. The van der Waals surface area contributed by atoms with Crippen LogP contribution in [-0.2, 0) is 38.0 Å². The zero-order valence-electron chi connectivity index (χ0n) is 42.9. The molecule has 0 spiro atoms. The van der Waals surface area contributed by atoms with Gasteiger partial charge in [-0.15, -0.1) is 0 Å². The van der Waals surface area contributed by atoms with Crippen LogP contribution in [0.5, 0.6) is 0 Å². The largest absolute Gasteiger partial charge is 0.462 e. The van der Waals surface area contributed by atoms with Crippen molar-refractivity contribution < 1.29 is 94.1 Å². The summed E-state index contributed by atoms with van der Waals surface area (Å²) in [7, 11) is 0. The molecule has 3 saturated heterocycles. The summed E-state index contributed by atoms with van der Waals surface area (Å²) >= 11 is 0. The van der Waals surface area contributed by atoms with Crippen LogP contribution in [0.25, 0.3) is 0 Å². The van der Waals surface area contributed by atoms with Crippen molar-refractivity contribution in [2.45, 2.75) is 218 Å². The Morgan fingerprint density at radius 2 is 1.27 bits per heavy atom. The van der Waals surface area contributed by atoms with Gasteiger partial charge in [0, 0.05) is 5.57 Å². The second-order valence-corrected chi connectivity index (χ2v) is 24.7. The summed E-state index contributed by atoms with van der Waals surface area (Å²) in [5, 5.41) is 120. The third kappa shape index (κ3) is 9.23. The second kappa shape index (κ2) is 20.0. The van der Waals surface area contributed by atoms with Crippen LogP contribution in [0.15, 0.2) is 23.3 Å². The lowest BCUT2D eigenvalue weighted by atomic mass is 9.33. The van der Waals surface area contributed by atoms with E-state index in [1.165, 1.54) is 5.57 Å². The number of ether oxygens (including phenoxy) is 7. The normalized spacial score (nSPS) is 51.7. The van der Waals surface area contributed by atoms with Crippen molar-refractivity contribution in [2.75, 3.05) is 26.4 Å². The second-order valence-electron chi connectivity index (χ2n) is 24.7. The van der Waals surface area contributed by atoms with Gasteiger partial charge in [-0.05, 0) is 110 Å². The van der Waals surface area contributed by atoms with Gasteiger partial charge in [0.05, 0.1) is 43.5 Å². The molecule has 8 rings (SSSR count). The molecule has 0 aromatic carbocycles. The number of allylic oxidation sites excluding steroid dienone is 3. The molecule has 0 aromatic heterocycles. The lowest BCUT2D eigenvalue weighted by Crippen LogP contribution is -2.69. The van der Waals surface area contributed by atoms with E-state index in [0.717, 1.165) is 32.1 Å². The minimum absolute atomic E-state index is 0.0684. The summed E-state index contributed by atoms with van der Waals surface area (Å²) in [5.74, 6) is -0.292. The molecule has 0 unspecified atom stereocenters. The first-order valence-electron chi connectivity index (χ1n) is 25.9. The Morgan fingerprint density at radius 1 is 0.690 bits per heavy atom. The highest BCUT2D eigenvalue weighted by Crippen LogP contribution is 2.76. The van der Waals surface area contributed by atoms with Crippen LogP contribution in [-0.4, -0.2) is 193 Å². The molecule has 3 heterocycles. The average Bonchev–Trinajstić information content (AvgIpc) is 3.30. The standard InChI is InChI=1S/C52H84O19/c1-10-24(2)43(64)68-23-52-26(17-47(3,4)18-32(52)54)25-11-12-31-49(7)15-14-34(48(5,6)30(49)13-16-50(31,8)51(25,9)19-33(52)55)71-46-42(63)39(60)37(58)29(70-46)22-67-45-41(62)38(59)36(57)28(69-45)21-66-44-40(61)35(56)27(53)20-65-44/h10-11,26-42,44-46,53-63H,12-23H2,1-9H3/b24-10+/t26-,27+,28+,29+,30-,31+,32-,33-,34-,35-,36+,37+,38-,39-,40+,41+,42+,44-,45+,46-,49-,50+,51+,52+/m0/s1. The van der Waals surface area contributed by atoms with Crippen molar-refractivity contribution in [1.29, 1.82) is 0 Å². The minimum atomic E-state index is -1.79. The number of carbonyl (C=O) groups is 1. The highest BCUT2D eigenvalue weighted by atomic mass is 16.7. The van der Waals surface area contributed by atoms with E-state index in [1.807, 2.05) is 0 Å². The Morgan fingerprint density at radius 3 is 1.90 bits per heavy atom. The molecule has 4 saturated carbocycles. The number of rotatable bonds is 11. The van der Waals surface area contributed by atoms with E-state index in [0.29, 0.717) is 24.8 Å². The van der Waals surface area contributed by atoms with E-state index in [2.05, 4.69) is 54.5 Å². The van der Waals surface area contributed by atoms with Gasteiger partial charge in [0.1, 0.15) is 73.8 Å². The molecule has 19 nitrogen and oxygen atoms in total. The number of carbonyl (C=O) groups excluding carboxylic acids is 1. The summed E-state index contributed by atoms with van der Waals surface area (Å²) in [6.07, 6.45) is -14.5. The summed E-state index contributed by atoms with van der Waals surface area (Å²) in [5.41, 5.74) is -0.845. The Kier molecular flexibility index (Phi) is 15.6. The van der Waals surface area contributed by atoms with Crippen molar-refractivity contribution in [3.05, 3.63) is 23.3 Å². The van der Waals surface area contributed by atoms with Gasteiger partial charge >= 0.3 is 5.97 Å². The number of fused-ring (bicyclic) bond motifs is 7. The smallest absolute Gasteiger partial charge is 0.333 e. The molecule has 5 aliphatic carbocycles. The SMILES string of the molecule is C/C=C(\C)C(=O)OC[C@]12[C@@H](O)CC(C)(C)C[C@H]1C1=CC[C@@H]3[C@@]4(C)CC[C@H](O[C@@H]5O[C@H](CO[C@@H]6O[C@H](CO[C@@H]7OC[C@@H](O)[C@H](O)[C@H]7O)[C@@H](O)[C@H](O)[C@H]6O)[C@@H](O)[C@H](O)[C@H]5O)C(C)(C)[C@@H]4CC[C@@]3(C)[C@]1(C)C[C@@H]2O. The van der Waals surface area contributed by atoms with Gasteiger partial charge in [0.15, 0.2) is 18.9 Å². The maximum atomic E-state index is 13.0. The van der Waals surface area contributed by atoms with E-state index < -0.39 is 140 Å². The van der Waals surface area contributed by atoms with E-state index >= 15 is 0 Å². The average molecular weight is 1010 g/mol. The lowest BCUT2D eigenvalue weighted by molar-refractivity contribution is -0.348. The predicted molar refractivity (Wildman–Crippen MR) is 250 cm³/mol. The Labute approximate surface area is 417 Å². The molecule has 0 amide bonds. The molecule has 0 aromatic rings. The number of aliphatic hydroxyl groups excluding tert-OH is 11. The maximum absolute atomic E-state index is 13.0. The van der Waals surface area contributed by atoms with Crippen molar-refractivity contribution in [1.82, 2.24) is 0 Å². The highest BCUT2D eigenvalue weighted by Gasteiger charge is 2.72. The monoisotopic (exact) mass is 1010 g/mol. The third-order valence-corrected chi connectivity index (χ3v) is 20.0. The first-order valence-corrected chi connectivity index (χ1v) is 25.9. The predicted octanol–water partition coefficient (Wildman–Crippen LogP) is 0.712. The topological polar surface area (TPSA) is 304 Å². The van der Waals surface area contributed by atoms with Gasteiger partial charge in [0.2, 0.25) is 0 Å². The number of esters is 1. The first kappa shape index (κ1) is 55.5. The van der Waals surface area contributed by atoms with Gasteiger partial charge in [0.25, 0.3) is 0 Å². The van der Waals surface area contributed by atoms with Crippen LogP contribution < -0.4 is 0 Å². The van der Waals surface area contributed by atoms with Gasteiger partial charge in [-0.1, -0.05) is 66.2 Å². The molecular formula is C52H84O19. The van der Waals surface area contributed by atoms with Crippen molar-refractivity contribution in [2.24, 2.45) is 50.2 Å². The molecule has 0 radical (unpaired) electrons. The van der Waals surface area contributed by atoms with E-state index in [-0.39, 0.29) is 47.2 Å². The van der Waals surface area contributed by atoms with Crippen LogP contribution in [0.3, 0.4) is 0 Å². The Bertz CT molecular complexity index is 1980. The molecule has 0 bridgehead atoms. The number of hydrogen-bond donors (Lipinski definition) is 11. The quantitative estimate of drug-likeness (QED) is 0.0588. The van der Waals surface area contributed by atoms with Crippen LogP contribution in [0.1, 0.15) is 114 Å². The van der Waals surface area contributed by atoms with Crippen LogP contribution >= 0.6 is 0 Å². The molecule has 11 N–H and O–H groups in total. The van der Waals surface area contributed by atoms with Gasteiger partial charge < -0.3 is 89.3 Å². The third-order valence-electron chi connectivity index (χ3n) is 20.0. The Hall–Kier alpha value is -1.73. The summed E-state index contributed by atoms with van der Waals surface area (Å²) in [6, 6.07) is 0. The molecule has 7 fully saturated rings. The minimum Gasteiger partial charge on any atom is -0.462 e. The van der Waals surface area contributed by atoms with Crippen LogP contribution in [0.2, 0.25) is 0 Å². The number of aliphatic hydroxyl groups is 11. The van der Waals surface area contributed by atoms with Gasteiger partial charge in [-0.3, -0.25) is 0 Å². The molecule has 3 aliphatic heterocycles. The highest BCUT2D eigenvalue weighted by molar-refractivity contribution is 5.87. The summed E-state index contributed by atoms with van der Waals surface area (Å²) in [4.78, 5) is 13.0. The van der Waals surface area contributed by atoms with E-state index in [1.54, 1.807) is 19.9 Å². The summed E-state index contributed by atoms with van der Waals surface area (Å²) in [6.45, 7) is 17.8. The van der Waals surface area contributed by atoms with Crippen molar-refractivity contribution in [3.8, 4) is 0 Å². The lowest BCUT2D eigenvalue weighted by Gasteiger charge is -2.72. The number of hydrogen-bond acceptors (Lipinski definition) is 19. The molecule has 406 valence electrons. The molecule has 24 atom stereocenters. The molecule has 19 heteroatoms. The van der Waals surface area contributed by atoms with Crippen molar-refractivity contribution in [3.63, 3.8) is 0 Å². The first-order chi connectivity index (χ1) is 33.1. The molecular weight excluding hydrogens is 929 g/mol. The molecule has 8 aliphatic rings. The fraction of sp³-hybridized carbons (Fsp3) is 0.904.